The maximum Gasteiger partial charge on any atom is 0.274 e. The van der Waals surface area contributed by atoms with Crippen LogP contribution in [0.15, 0.2) is 18.2 Å². The molecule has 1 rings (SSSR count). The molecule has 0 atom stereocenters. The van der Waals surface area contributed by atoms with Crippen LogP contribution in [0.5, 0.6) is 0 Å². The highest BCUT2D eigenvalue weighted by atomic mass is 16.6. The van der Waals surface area contributed by atoms with Gasteiger partial charge in [-0.1, -0.05) is 0 Å². The van der Waals surface area contributed by atoms with Gasteiger partial charge in [-0.25, -0.2) is 5.48 Å². The molecule has 0 fully saturated rings. The lowest BCUT2D eigenvalue weighted by molar-refractivity contribution is -0.385. The number of amides is 1. The van der Waals surface area contributed by atoms with Gasteiger partial charge in [0.1, 0.15) is 0 Å². The Morgan fingerprint density at radius 2 is 2.20 bits per heavy atom. The number of benzene rings is 1. The lowest BCUT2D eigenvalue weighted by Gasteiger charge is -2.03. The van der Waals surface area contributed by atoms with Crippen molar-refractivity contribution in [2.24, 2.45) is 0 Å². The van der Waals surface area contributed by atoms with Gasteiger partial charge in [-0.3, -0.25) is 19.7 Å². The first-order chi connectivity index (χ1) is 7.06. The fraction of sp³-hybridized carbons (Fsp3) is 0.222. The van der Waals surface area contributed by atoms with Crippen molar-refractivity contribution in [2.45, 2.75) is 6.92 Å². The number of hydroxylamine groups is 1. The SMILES string of the molecule is CONC(=O)c1ccc([N+](=O)[O-])c(C)c1. The second-order valence-corrected chi connectivity index (χ2v) is 2.89. The molecule has 0 aliphatic rings. The summed E-state index contributed by atoms with van der Waals surface area (Å²) >= 11 is 0. The third kappa shape index (κ3) is 2.50. The van der Waals surface area contributed by atoms with Gasteiger partial charge in [0, 0.05) is 17.2 Å². The van der Waals surface area contributed by atoms with Crippen LogP contribution in [-0.2, 0) is 4.84 Å². The molecule has 80 valence electrons. The number of nitrogens with one attached hydrogen (secondary N) is 1. The Bertz CT molecular complexity index is 403. The second kappa shape index (κ2) is 4.52. The molecule has 1 aromatic carbocycles. The Morgan fingerprint density at radius 3 is 2.67 bits per heavy atom. The van der Waals surface area contributed by atoms with Crippen LogP contribution >= 0.6 is 0 Å². The van der Waals surface area contributed by atoms with Crippen LogP contribution < -0.4 is 5.48 Å². The van der Waals surface area contributed by atoms with Crippen LogP contribution in [0.25, 0.3) is 0 Å². The Balaban J connectivity index is 3.01. The van der Waals surface area contributed by atoms with E-state index in [2.05, 4.69) is 10.3 Å². The van der Waals surface area contributed by atoms with E-state index in [4.69, 9.17) is 0 Å². The maximum atomic E-state index is 11.3. The summed E-state index contributed by atoms with van der Waals surface area (Å²) in [5.41, 5.74) is 2.87. The first-order valence-corrected chi connectivity index (χ1v) is 4.14. The van der Waals surface area contributed by atoms with Crippen molar-refractivity contribution in [1.29, 1.82) is 0 Å². The number of aryl methyl sites for hydroxylation is 1. The minimum absolute atomic E-state index is 0.0102. The molecule has 0 unspecified atom stereocenters. The van der Waals surface area contributed by atoms with Gasteiger partial charge in [0.15, 0.2) is 0 Å². The molecule has 6 heteroatoms. The normalized spacial score (nSPS) is 9.73. The standard InChI is InChI=1S/C9H10N2O4/c1-6-5-7(9(12)10-15-2)3-4-8(6)11(13)14/h3-5H,1-2H3,(H,10,12). The second-order valence-electron chi connectivity index (χ2n) is 2.89. The number of nitro groups is 1. The summed E-state index contributed by atoms with van der Waals surface area (Å²) in [5.74, 6) is -0.435. The quantitative estimate of drug-likeness (QED) is 0.600. The van der Waals surface area contributed by atoms with Gasteiger partial charge in [0.2, 0.25) is 0 Å². The van der Waals surface area contributed by atoms with Crippen LogP contribution in [-0.4, -0.2) is 17.9 Å². The van der Waals surface area contributed by atoms with Crippen molar-refractivity contribution in [3.05, 3.63) is 39.4 Å². The van der Waals surface area contributed by atoms with E-state index in [1.54, 1.807) is 6.92 Å². The highest BCUT2D eigenvalue weighted by molar-refractivity contribution is 5.93. The van der Waals surface area contributed by atoms with Gasteiger partial charge in [0.05, 0.1) is 12.0 Å². The number of hydrogen-bond acceptors (Lipinski definition) is 4. The maximum absolute atomic E-state index is 11.3. The summed E-state index contributed by atoms with van der Waals surface area (Å²) in [6, 6.07) is 4.10. The van der Waals surface area contributed by atoms with E-state index >= 15 is 0 Å². The number of rotatable bonds is 3. The lowest BCUT2D eigenvalue weighted by Crippen LogP contribution is -2.21. The Hall–Kier alpha value is -1.95. The fourth-order valence-corrected chi connectivity index (χ4v) is 1.15. The van der Waals surface area contributed by atoms with Crippen molar-refractivity contribution in [3.8, 4) is 0 Å². The summed E-state index contributed by atoms with van der Waals surface area (Å²) in [7, 11) is 1.32. The first kappa shape index (κ1) is 11.1. The molecule has 0 spiro atoms. The van der Waals surface area contributed by atoms with Gasteiger partial charge < -0.3 is 0 Å². The molecule has 1 aromatic rings. The van der Waals surface area contributed by atoms with Gasteiger partial charge >= 0.3 is 0 Å². The van der Waals surface area contributed by atoms with E-state index in [0.717, 1.165) is 0 Å². The molecular weight excluding hydrogens is 200 g/mol. The molecule has 1 N–H and O–H groups in total. The summed E-state index contributed by atoms with van der Waals surface area (Å²) in [5, 5.41) is 10.5. The van der Waals surface area contributed by atoms with E-state index in [-0.39, 0.29) is 5.69 Å². The van der Waals surface area contributed by atoms with Gasteiger partial charge in [-0.2, -0.15) is 0 Å². The molecule has 1 amide bonds. The molecule has 0 radical (unpaired) electrons. The zero-order chi connectivity index (χ0) is 11.4. The van der Waals surface area contributed by atoms with Crippen molar-refractivity contribution in [1.82, 2.24) is 5.48 Å². The zero-order valence-electron chi connectivity index (χ0n) is 8.31. The van der Waals surface area contributed by atoms with E-state index < -0.39 is 10.8 Å². The third-order valence-corrected chi connectivity index (χ3v) is 1.85. The van der Waals surface area contributed by atoms with Crippen LogP contribution in [0.1, 0.15) is 15.9 Å². The number of hydrogen-bond donors (Lipinski definition) is 1. The van der Waals surface area contributed by atoms with Crippen molar-refractivity contribution in [3.63, 3.8) is 0 Å². The molecule has 6 nitrogen and oxygen atoms in total. The van der Waals surface area contributed by atoms with E-state index in [0.29, 0.717) is 11.1 Å². The number of nitro benzene ring substituents is 1. The van der Waals surface area contributed by atoms with E-state index in [9.17, 15) is 14.9 Å². The highest BCUT2D eigenvalue weighted by Gasteiger charge is 2.13. The largest absolute Gasteiger partial charge is 0.277 e. The fourth-order valence-electron chi connectivity index (χ4n) is 1.15. The predicted octanol–water partition coefficient (Wildman–Crippen LogP) is 1.19. The van der Waals surface area contributed by atoms with Crippen LogP contribution in [0.2, 0.25) is 0 Å². The summed E-state index contributed by atoms with van der Waals surface area (Å²) in [4.78, 5) is 25.7. The minimum Gasteiger partial charge on any atom is -0.277 e. The molecule has 0 bridgehead atoms. The molecular formula is C9H10N2O4. The van der Waals surface area contributed by atoms with E-state index in [1.165, 1.54) is 25.3 Å². The van der Waals surface area contributed by atoms with Gasteiger partial charge in [0.25, 0.3) is 11.6 Å². The minimum atomic E-state index is -0.493. The average molecular weight is 210 g/mol. The topological polar surface area (TPSA) is 81.5 Å². The van der Waals surface area contributed by atoms with Crippen molar-refractivity contribution in [2.75, 3.05) is 7.11 Å². The van der Waals surface area contributed by atoms with Crippen LogP contribution in [0.4, 0.5) is 5.69 Å². The number of nitrogens with zero attached hydrogens (tertiary/aromatic N) is 1. The average Bonchev–Trinajstić information content (AvgIpc) is 2.17. The Kier molecular flexibility index (Phi) is 3.35. The molecule has 15 heavy (non-hydrogen) atoms. The van der Waals surface area contributed by atoms with Crippen LogP contribution in [0, 0.1) is 17.0 Å². The predicted molar refractivity (Wildman–Crippen MR) is 52.3 cm³/mol. The molecule has 0 aliphatic carbocycles. The van der Waals surface area contributed by atoms with Crippen LogP contribution in [0.3, 0.4) is 0 Å². The molecule has 0 saturated heterocycles. The van der Waals surface area contributed by atoms with Crippen molar-refractivity contribution < 1.29 is 14.6 Å². The molecule has 0 aliphatic heterocycles. The van der Waals surface area contributed by atoms with Crippen molar-refractivity contribution >= 4 is 11.6 Å². The monoisotopic (exact) mass is 210 g/mol. The Morgan fingerprint density at radius 1 is 1.53 bits per heavy atom. The Labute approximate surface area is 86.0 Å². The number of carbonyl (C=O) groups is 1. The van der Waals surface area contributed by atoms with Gasteiger partial charge in [-0.15, -0.1) is 0 Å². The lowest BCUT2D eigenvalue weighted by atomic mass is 10.1. The summed E-state index contributed by atoms with van der Waals surface area (Å²) in [6.45, 7) is 1.57. The summed E-state index contributed by atoms with van der Waals surface area (Å²) < 4.78 is 0. The third-order valence-electron chi connectivity index (χ3n) is 1.85. The highest BCUT2D eigenvalue weighted by Crippen LogP contribution is 2.18. The molecule has 0 aromatic heterocycles. The number of carbonyl (C=O) groups excluding carboxylic acids is 1. The molecule has 0 saturated carbocycles. The zero-order valence-corrected chi connectivity index (χ0v) is 8.31. The summed E-state index contributed by atoms with van der Waals surface area (Å²) in [6.07, 6.45) is 0. The smallest absolute Gasteiger partial charge is 0.274 e. The molecule has 0 heterocycles. The van der Waals surface area contributed by atoms with Gasteiger partial charge in [-0.05, 0) is 19.1 Å². The van der Waals surface area contributed by atoms with E-state index in [1.807, 2.05) is 0 Å². The first-order valence-electron chi connectivity index (χ1n) is 4.14.